The molecule has 3 rings (SSSR count). The normalized spacial score (nSPS) is 15.4. The lowest BCUT2D eigenvalue weighted by Gasteiger charge is -2.34. The molecule has 0 saturated carbocycles. The van der Waals surface area contributed by atoms with Gasteiger partial charge in [0.2, 0.25) is 0 Å². The van der Waals surface area contributed by atoms with E-state index < -0.39 is 5.82 Å². The maximum Gasteiger partial charge on any atom is 0.256 e. The highest BCUT2D eigenvalue weighted by molar-refractivity contribution is 5.94. The minimum atomic E-state index is -0.472. The van der Waals surface area contributed by atoms with Crippen molar-refractivity contribution in [3.8, 4) is 0 Å². The van der Waals surface area contributed by atoms with Crippen molar-refractivity contribution in [3.63, 3.8) is 0 Å². The molecular formula is C20H22F2N2O. The smallest absolute Gasteiger partial charge is 0.256 e. The van der Waals surface area contributed by atoms with Gasteiger partial charge in [-0.3, -0.25) is 9.69 Å². The molecule has 1 heterocycles. The van der Waals surface area contributed by atoms with Crippen molar-refractivity contribution >= 4 is 5.91 Å². The second kappa shape index (κ2) is 8.21. The van der Waals surface area contributed by atoms with Gasteiger partial charge in [0.05, 0.1) is 5.56 Å². The van der Waals surface area contributed by atoms with Crippen molar-refractivity contribution < 1.29 is 13.6 Å². The average molecular weight is 344 g/mol. The standard InChI is InChI=1S/C20H22F2N2O/c21-18-9-3-1-6-16(18)7-5-11-23-12-14-24(15-13-23)20(25)17-8-2-4-10-19(17)22/h1-4,6,8-10H,5,7,11-15H2. The number of nitrogens with zero attached hydrogens (tertiary/aromatic N) is 2. The van der Waals surface area contributed by atoms with Gasteiger partial charge >= 0.3 is 0 Å². The number of piperazine rings is 1. The van der Waals surface area contributed by atoms with Crippen LogP contribution in [0.1, 0.15) is 22.3 Å². The Labute approximate surface area is 146 Å². The van der Waals surface area contributed by atoms with E-state index in [2.05, 4.69) is 4.90 Å². The van der Waals surface area contributed by atoms with Gasteiger partial charge in [0, 0.05) is 26.2 Å². The number of carbonyl (C=O) groups excluding carboxylic acids is 1. The molecular weight excluding hydrogens is 322 g/mol. The first-order valence-electron chi connectivity index (χ1n) is 8.65. The Balaban J connectivity index is 1.45. The maximum atomic E-state index is 13.7. The molecule has 1 saturated heterocycles. The molecule has 1 fully saturated rings. The molecule has 0 aromatic heterocycles. The quantitative estimate of drug-likeness (QED) is 0.830. The summed E-state index contributed by atoms with van der Waals surface area (Å²) in [6.07, 6.45) is 1.59. The molecule has 3 nitrogen and oxygen atoms in total. The van der Waals surface area contributed by atoms with Crippen LogP contribution < -0.4 is 0 Å². The summed E-state index contributed by atoms with van der Waals surface area (Å²) >= 11 is 0. The van der Waals surface area contributed by atoms with Crippen LogP contribution in [0.2, 0.25) is 0 Å². The van der Waals surface area contributed by atoms with Gasteiger partial charge in [0.25, 0.3) is 5.91 Å². The lowest BCUT2D eigenvalue weighted by molar-refractivity contribution is 0.0631. The van der Waals surface area contributed by atoms with E-state index >= 15 is 0 Å². The van der Waals surface area contributed by atoms with Gasteiger partial charge in [0.15, 0.2) is 0 Å². The summed E-state index contributed by atoms with van der Waals surface area (Å²) in [6.45, 7) is 3.57. The summed E-state index contributed by atoms with van der Waals surface area (Å²) < 4.78 is 27.3. The average Bonchev–Trinajstić information content (AvgIpc) is 2.64. The van der Waals surface area contributed by atoms with Crippen LogP contribution in [0.4, 0.5) is 8.78 Å². The number of carbonyl (C=O) groups is 1. The van der Waals surface area contributed by atoms with Crippen molar-refractivity contribution in [3.05, 3.63) is 71.3 Å². The van der Waals surface area contributed by atoms with Gasteiger partial charge in [-0.15, -0.1) is 0 Å². The van der Waals surface area contributed by atoms with Crippen molar-refractivity contribution in [1.29, 1.82) is 0 Å². The zero-order chi connectivity index (χ0) is 17.6. The van der Waals surface area contributed by atoms with E-state index in [4.69, 9.17) is 0 Å². The Kier molecular flexibility index (Phi) is 5.76. The Morgan fingerprint density at radius 3 is 2.20 bits per heavy atom. The molecule has 0 aliphatic carbocycles. The summed E-state index contributed by atoms with van der Waals surface area (Å²) in [5.41, 5.74) is 0.881. The van der Waals surface area contributed by atoms with Crippen LogP contribution in [0, 0.1) is 11.6 Å². The number of amides is 1. The molecule has 2 aromatic carbocycles. The molecule has 0 atom stereocenters. The van der Waals surface area contributed by atoms with Crippen molar-refractivity contribution in [2.45, 2.75) is 12.8 Å². The molecule has 0 spiro atoms. The Morgan fingerprint density at radius 2 is 1.52 bits per heavy atom. The number of hydrogen-bond acceptors (Lipinski definition) is 2. The Bertz CT molecular complexity index is 727. The first-order chi connectivity index (χ1) is 12.1. The van der Waals surface area contributed by atoms with Gasteiger partial charge in [0.1, 0.15) is 11.6 Å². The van der Waals surface area contributed by atoms with E-state index in [1.54, 1.807) is 23.1 Å². The molecule has 0 bridgehead atoms. The van der Waals surface area contributed by atoms with E-state index in [-0.39, 0.29) is 17.3 Å². The highest BCUT2D eigenvalue weighted by Crippen LogP contribution is 2.13. The van der Waals surface area contributed by atoms with Crippen LogP contribution in [0.5, 0.6) is 0 Å². The van der Waals surface area contributed by atoms with E-state index in [0.29, 0.717) is 19.5 Å². The number of rotatable bonds is 5. The van der Waals surface area contributed by atoms with Gasteiger partial charge in [-0.1, -0.05) is 30.3 Å². The fourth-order valence-corrected chi connectivity index (χ4v) is 3.17. The topological polar surface area (TPSA) is 23.6 Å². The van der Waals surface area contributed by atoms with Crippen LogP contribution in [0.15, 0.2) is 48.5 Å². The third kappa shape index (κ3) is 4.42. The van der Waals surface area contributed by atoms with Crippen molar-refractivity contribution in [2.24, 2.45) is 0 Å². The number of aryl methyl sites for hydroxylation is 1. The van der Waals surface area contributed by atoms with Crippen LogP contribution >= 0.6 is 0 Å². The lowest BCUT2D eigenvalue weighted by atomic mass is 10.1. The predicted octanol–water partition coefficient (Wildman–Crippen LogP) is 3.36. The van der Waals surface area contributed by atoms with E-state index in [1.807, 2.05) is 12.1 Å². The summed E-state index contributed by atoms with van der Waals surface area (Å²) in [7, 11) is 0. The van der Waals surface area contributed by atoms with Crippen LogP contribution in [-0.4, -0.2) is 48.4 Å². The van der Waals surface area contributed by atoms with Crippen molar-refractivity contribution in [1.82, 2.24) is 9.80 Å². The van der Waals surface area contributed by atoms with Crippen LogP contribution in [0.25, 0.3) is 0 Å². The molecule has 2 aromatic rings. The molecule has 0 unspecified atom stereocenters. The Morgan fingerprint density at radius 1 is 0.880 bits per heavy atom. The number of halogens is 2. The summed E-state index contributed by atoms with van der Waals surface area (Å²) in [6, 6.07) is 13.0. The SMILES string of the molecule is O=C(c1ccccc1F)N1CCN(CCCc2ccccc2F)CC1. The molecule has 5 heteroatoms. The van der Waals surface area contributed by atoms with Gasteiger partial charge in [-0.25, -0.2) is 8.78 Å². The van der Waals surface area contributed by atoms with Gasteiger partial charge in [-0.2, -0.15) is 0 Å². The summed E-state index contributed by atoms with van der Waals surface area (Å²) in [5.74, 6) is -0.869. The third-order valence-corrected chi connectivity index (χ3v) is 4.64. The minimum absolute atomic E-state index is 0.135. The number of benzene rings is 2. The predicted molar refractivity (Wildman–Crippen MR) is 93.5 cm³/mol. The van der Waals surface area contributed by atoms with Crippen LogP contribution in [0.3, 0.4) is 0 Å². The summed E-state index contributed by atoms with van der Waals surface area (Å²) in [4.78, 5) is 16.4. The molecule has 1 amide bonds. The van der Waals surface area contributed by atoms with E-state index in [9.17, 15) is 13.6 Å². The molecule has 1 aliphatic rings. The molecule has 25 heavy (non-hydrogen) atoms. The second-order valence-corrected chi connectivity index (χ2v) is 6.31. The van der Waals surface area contributed by atoms with Crippen LogP contribution in [-0.2, 0) is 6.42 Å². The molecule has 0 N–H and O–H groups in total. The molecule has 0 radical (unpaired) electrons. The monoisotopic (exact) mass is 344 g/mol. The fraction of sp³-hybridized carbons (Fsp3) is 0.350. The van der Waals surface area contributed by atoms with E-state index in [0.717, 1.165) is 31.6 Å². The zero-order valence-corrected chi connectivity index (χ0v) is 14.1. The summed E-state index contributed by atoms with van der Waals surface area (Å²) in [5, 5.41) is 0. The second-order valence-electron chi connectivity index (χ2n) is 6.31. The highest BCUT2D eigenvalue weighted by atomic mass is 19.1. The minimum Gasteiger partial charge on any atom is -0.336 e. The van der Waals surface area contributed by atoms with Gasteiger partial charge < -0.3 is 4.90 Å². The lowest BCUT2D eigenvalue weighted by Crippen LogP contribution is -2.49. The first-order valence-corrected chi connectivity index (χ1v) is 8.65. The fourth-order valence-electron chi connectivity index (χ4n) is 3.17. The van der Waals surface area contributed by atoms with E-state index in [1.165, 1.54) is 18.2 Å². The number of hydrogen-bond donors (Lipinski definition) is 0. The highest BCUT2D eigenvalue weighted by Gasteiger charge is 2.23. The maximum absolute atomic E-state index is 13.7. The van der Waals surface area contributed by atoms with Gasteiger partial charge in [-0.05, 0) is 43.1 Å². The molecule has 132 valence electrons. The third-order valence-electron chi connectivity index (χ3n) is 4.64. The Hall–Kier alpha value is -2.27. The zero-order valence-electron chi connectivity index (χ0n) is 14.1. The largest absolute Gasteiger partial charge is 0.336 e. The molecule has 1 aliphatic heterocycles. The van der Waals surface area contributed by atoms with Crippen molar-refractivity contribution in [2.75, 3.05) is 32.7 Å². The first kappa shape index (κ1) is 17.5.